The Hall–Kier alpha value is -1.76. The minimum absolute atomic E-state index is 0.351. The minimum atomic E-state index is -1.15. The number of benzene rings is 1. The van der Waals surface area contributed by atoms with Gasteiger partial charge in [0.2, 0.25) is 6.41 Å². The van der Waals surface area contributed by atoms with E-state index in [1.165, 1.54) is 0 Å². The molecule has 0 aromatic heterocycles. The molecule has 0 fully saturated rings. The van der Waals surface area contributed by atoms with Crippen molar-refractivity contribution in [3.8, 4) is 11.5 Å². The van der Waals surface area contributed by atoms with Gasteiger partial charge in [-0.3, -0.25) is 4.79 Å². The van der Waals surface area contributed by atoms with Crippen molar-refractivity contribution in [1.29, 1.82) is 0 Å². The van der Waals surface area contributed by atoms with E-state index in [1.807, 2.05) is 0 Å². The van der Waals surface area contributed by atoms with Crippen LogP contribution in [0.25, 0.3) is 0 Å². The first-order valence-electron chi connectivity index (χ1n) is 5.15. The number of fused-ring (bicyclic) bond motifs is 1. The van der Waals surface area contributed by atoms with Crippen LogP contribution in [0, 0.1) is 0 Å². The van der Waals surface area contributed by atoms with Crippen molar-refractivity contribution in [3.63, 3.8) is 0 Å². The van der Waals surface area contributed by atoms with Gasteiger partial charge in [-0.1, -0.05) is 0 Å². The van der Waals surface area contributed by atoms with Gasteiger partial charge in [0.05, 0.1) is 4.47 Å². The largest absolute Gasteiger partial charge is 0.486 e. The Labute approximate surface area is 111 Å². The molecule has 1 aromatic rings. The molecule has 2 N–H and O–H groups in total. The van der Waals surface area contributed by atoms with Crippen LogP contribution in [0.15, 0.2) is 16.6 Å². The molecule has 0 spiro atoms. The van der Waals surface area contributed by atoms with Crippen molar-refractivity contribution in [2.45, 2.75) is 6.04 Å². The van der Waals surface area contributed by atoms with E-state index in [2.05, 4.69) is 21.2 Å². The SMILES string of the molecule is O=CNC(C(=O)O)c1cc(Br)c2c(c1)OCCO2. The number of carbonyl (C=O) groups excluding carboxylic acids is 1. The molecule has 1 aromatic carbocycles. The molecule has 96 valence electrons. The van der Waals surface area contributed by atoms with Crippen LogP contribution in [0.5, 0.6) is 11.5 Å². The lowest BCUT2D eigenvalue weighted by atomic mass is 10.1. The molecule has 0 radical (unpaired) electrons. The number of carboxylic acids is 1. The van der Waals surface area contributed by atoms with Crippen molar-refractivity contribution in [2.75, 3.05) is 13.2 Å². The molecule has 1 aliphatic heterocycles. The molecule has 1 atom stereocenters. The Bertz CT molecular complexity index is 491. The molecule has 0 saturated carbocycles. The van der Waals surface area contributed by atoms with Crippen molar-refractivity contribution in [2.24, 2.45) is 0 Å². The maximum absolute atomic E-state index is 11.1. The van der Waals surface area contributed by atoms with E-state index in [1.54, 1.807) is 12.1 Å². The normalized spacial score (nSPS) is 14.7. The third kappa shape index (κ3) is 2.40. The van der Waals surface area contributed by atoms with E-state index in [4.69, 9.17) is 14.6 Å². The number of carbonyl (C=O) groups is 2. The van der Waals surface area contributed by atoms with Gasteiger partial charge in [-0.25, -0.2) is 4.79 Å². The Morgan fingerprint density at radius 1 is 1.44 bits per heavy atom. The summed E-state index contributed by atoms with van der Waals surface area (Å²) in [5.41, 5.74) is 0.408. The number of hydrogen-bond donors (Lipinski definition) is 2. The summed E-state index contributed by atoms with van der Waals surface area (Å²) in [5.74, 6) is -0.143. The van der Waals surface area contributed by atoms with Gasteiger partial charge in [0.1, 0.15) is 13.2 Å². The van der Waals surface area contributed by atoms with Gasteiger partial charge in [0.25, 0.3) is 0 Å². The number of aliphatic carboxylic acids is 1. The molecule has 6 nitrogen and oxygen atoms in total. The summed E-state index contributed by atoms with van der Waals surface area (Å²) < 4.78 is 11.4. The predicted octanol–water partition coefficient (Wildman–Crippen LogP) is 1.09. The Morgan fingerprint density at radius 2 is 2.17 bits per heavy atom. The molecule has 1 aliphatic rings. The van der Waals surface area contributed by atoms with Crippen LogP contribution in [-0.2, 0) is 9.59 Å². The van der Waals surface area contributed by atoms with Crippen LogP contribution >= 0.6 is 15.9 Å². The van der Waals surface area contributed by atoms with Crippen LogP contribution in [0.4, 0.5) is 0 Å². The zero-order valence-corrected chi connectivity index (χ0v) is 10.8. The average molecular weight is 316 g/mol. The second-order valence-corrected chi connectivity index (χ2v) is 4.44. The highest BCUT2D eigenvalue weighted by atomic mass is 79.9. The standard InChI is InChI=1S/C11H10BrNO5/c12-7-3-6(9(11(15)16)13-5-14)4-8-10(7)18-2-1-17-8/h3-5,9H,1-2H2,(H,13,14)(H,15,16). The number of hydrogen-bond acceptors (Lipinski definition) is 4. The third-order valence-corrected chi connectivity index (χ3v) is 3.02. The number of halogens is 1. The zero-order valence-electron chi connectivity index (χ0n) is 9.18. The van der Waals surface area contributed by atoms with Gasteiger partial charge in [0, 0.05) is 0 Å². The van der Waals surface area contributed by atoms with Crippen LogP contribution in [0.2, 0.25) is 0 Å². The minimum Gasteiger partial charge on any atom is -0.486 e. The molecule has 1 amide bonds. The van der Waals surface area contributed by atoms with Gasteiger partial charge >= 0.3 is 5.97 Å². The highest BCUT2D eigenvalue weighted by molar-refractivity contribution is 9.10. The number of carboxylic acid groups (broad SMARTS) is 1. The van der Waals surface area contributed by atoms with E-state index in [9.17, 15) is 9.59 Å². The summed E-state index contributed by atoms with van der Waals surface area (Å²) in [7, 11) is 0. The smallest absolute Gasteiger partial charge is 0.330 e. The maximum atomic E-state index is 11.1. The quantitative estimate of drug-likeness (QED) is 0.812. The van der Waals surface area contributed by atoms with Crippen LogP contribution in [0.3, 0.4) is 0 Å². The van der Waals surface area contributed by atoms with E-state index in [0.717, 1.165) is 0 Å². The molecule has 2 rings (SSSR count). The van der Waals surface area contributed by atoms with Gasteiger partial charge in [-0.05, 0) is 33.6 Å². The van der Waals surface area contributed by atoms with Gasteiger partial charge < -0.3 is 19.9 Å². The second kappa shape index (κ2) is 5.26. The fraction of sp³-hybridized carbons (Fsp3) is 0.273. The zero-order chi connectivity index (χ0) is 13.1. The van der Waals surface area contributed by atoms with Crippen molar-refractivity contribution in [1.82, 2.24) is 5.32 Å². The lowest BCUT2D eigenvalue weighted by molar-refractivity contribution is -0.140. The molecule has 1 unspecified atom stereocenters. The topological polar surface area (TPSA) is 84.9 Å². The second-order valence-electron chi connectivity index (χ2n) is 3.58. The van der Waals surface area contributed by atoms with Gasteiger partial charge in [-0.15, -0.1) is 0 Å². The molecule has 1 heterocycles. The first kappa shape index (κ1) is 12.7. The number of nitrogens with one attached hydrogen (secondary N) is 1. The molecular formula is C11H10BrNO5. The first-order chi connectivity index (χ1) is 8.63. The summed E-state index contributed by atoms with van der Waals surface area (Å²) in [6, 6.07) is 2.02. The summed E-state index contributed by atoms with van der Waals surface area (Å²) in [5, 5.41) is 11.3. The molecule has 0 aliphatic carbocycles. The number of amides is 1. The average Bonchev–Trinajstić information content (AvgIpc) is 2.35. The van der Waals surface area contributed by atoms with Crippen LogP contribution in [0.1, 0.15) is 11.6 Å². The third-order valence-electron chi connectivity index (χ3n) is 2.43. The maximum Gasteiger partial charge on any atom is 0.330 e. The molecule has 0 bridgehead atoms. The Morgan fingerprint density at radius 3 is 2.83 bits per heavy atom. The van der Waals surface area contributed by atoms with Gasteiger partial charge in [-0.2, -0.15) is 0 Å². The Balaban J connectivity index is 2.41. The van der Waals surface area contributed by atoms with E-state index < -0.39 is 12.0 Å². The molecule has 0 saturated heterocycles. The lowest BCUT2D eigenvalue weighted by Crippen LogP contribution is -2.27. The summed E-state index contributed by atoms with van der Waals surface area (Å²) in [4.78, 5) is 21.5. The fourth-order valence-corrected chi connectivity index (χ4v) is 2.25. The summed E-state index contributed by atoms with van der Waals surface area (Å²) in [6.07, 6.45) is 0.351. The van der Waals surface area contributed by atoms with E-state index in [0.29, 0.717) is 41.2 Å². The van der Waals surface area contributed by atoms with Crippen molar-refractivity contribution in [3.05, 3.63) is 22.2 Å². The van der Waals surface area contributed by atoms with Crippen LogP contribution < -0.4 is 14.8 Å². The van der Waals surface area contributed by atoms with Crippen molar-refractivity contribution < 1.29 is 24.2 Å². The first-order valence-corrected chi connectivity index (χ1v) is 5.94. The number of rotatable bonds is 4. The van der Waals surface area contributed by atoms with E-state index in [-0.39, 0.29) is 0 Å². The molecule has 18 heavy (non-hydrogen) atoms. The lowest BCUT2D eigenvalue weighted by Gasteiger charge is -2.21. The van der Waals surface area contributed by atoms with E-state index >= 15 is 0 Å². The monoisotopic (exact) mass is 315 g/mol. The van der Waals surface area contributed by atoms with Crippen molar-refractivity contribution >= 4 is 28.3 Å². The highest BCUT2D eigenvalue weighted by Crippen LogP contribution is 2.39. The summed E-state index contributed by atoms with van der Waals surface area (Å²) in [6.45, 7) is 0.849. The molecular weight excluding hydrogens is 306 g/mol. The molecule has 7 heteroatoms. The van der Waals surface area contributed by atoms with Crippen LogP contribution in [-0.4, -0.2) is 30.7 Å². The van der Waals surface area contributed by atoms with Gasteiger partial charge in [0.15, 0.2) is 17.5 Å². The summed E-state index contributed by atoms with van der Waals surface area (Å²) >= 11 is 3.29. The predicted molar refractivity (Wildman–Crippen MR) is 64.7 cm³/mol. The number of ether oxygens (including phenoxy) is 2. The fourth-order valence-electron chi connectivity index (χ4n) is 1.68. The Kier molecular flexibility index (Phi) is 3.71. The highest BCUT2D eigenvalue weighted by Gasteiger charge is 2.24.